The van der Waals surface area contributed by atoms with Gasteiger partial charge in [0.05, 0.1) is 39.0 Å². The van der Waals surface area contributed by atoms with Gasteiger partial charge in [0.15, 0.2) is 23.0 Å². The Morgan fingerprint density at radius 2 is 1.76 bits per heavy atom. The van der Waals surface area contributed by atoms with Crippen molar-refractivity contribution in [2.45, 2.75) is 32.4 Å². The summed E-state index contributed by atoms with van der Waals surface area (Å²) in [5.74, 6) is -0.800. The summed E-state index contributed by atoms with van der Waals surface area (Å²) in [7, 11) is 4.45. The molecule has 38 heavy (non-hydrogen) atoms. The number of hydrogen-bond donors (Lipinski definition) is 1. The van der Waals surface area contributed by atoms with Crippen LogP contribution in [0.25, 0.3) is 11.0 Å². The van der Waals surface area contributed by atoms with E-state index in [-0.39, 0.29) is 24.0 Å². The fourth-order valence-corrected chi connectivity index (χ4v) is 4.91. The third kappa shape index (κ3) is 5.23. The summed E-state index contributed by atoms with van der Waals surface area (Å²) in [5.41, 5.74) is 0.920. The number of benzene rings is 2. The molecule has 1 N–H and O–H groups in total. The zero-order valence-electron chi connectivity index (χ0n) is 21.9. The van der Waals surface area contributed by atoms with Crippen LogP contribution in [-0.2, 0) is 9.53 Å². The third-order valence-electron chi connectivity index (χ3n) is 6.25. The number of carbonyl (C=O) groups is 2. The van der Waals surface area contributed by atoms with Crippen LogP contribution in [0.3, 0.4) is 0 Å². The standard InChI is InChI=1S/C28H30BrNO8/c1-15(2)37-10-6-9-30-24(17-13-21(34-3)27(36-5)22(14-17)35-4)23(26(32)28(30)33)25(31)20-12-16-11-18(29)7-8-19(16)38-20/h7-8,11-15,24,32H,6,9-10H2,1-5H3. The van der Waals surface area contributed by atoms with Gasteiger partial charge in [0.25, 0.3) is 5.91 Å². The quantitative estimate of drug-likeness (QED) is 0.228. The molecule has 0 bridgehead atoms. The summed E-state index contributed by atoms with van der Waals surface area (Å²) in [6.07, 6.45) is 0.533. The molecule has 0 aliphatic carbocycles. The van der Waals surface area contributed by atoms with Crippen LogP contribution >= 0.6 is 15.9 Å². The second kappa shape index (κ2) is 11.5. The molecule has 0 saturated carbocycles. The normalized spacial score (nSPS) is 15.6. The van der Waals surface area contributed by atoms with Gasteiger partial charge >= 0.3 is 0 Å². The van der Waals surface area contributed by atoms with E-state index in [9.17, 15) is 14.7 Å². The first-order valence-electron chi connectivity index (χ1n) is 12.1. The van der Waals surface area contributed by atoms with Gasteiger partial charge in [0.2, 0.25) is 11.5 Å². The molecule has 10 heteroatoms. The minimum Gasteiger partial charge on any atom is -0.503 e. The number of fused-ring (bicyclic) bond motifs is 1. The van der Waals surface area contributed by atoms with Gasteiger partial charge in [0, 0.05) is 23.0 Å². The Hall–Kier alpha value is -3.50. The van der Waals surface area contributed by atoms with Crippen molar-refractivity contribution in [2.24, 2.45) is 0 Å². The van der Waals surface area contributed by atoms with Crippen LogP contribution in [0.2, 0.25) is 0 Å². The lowest BCUT2D eigenvalue weighted by atomic mass is 9.94. The van der Waals surface area contributed by atoms with Gasteiger partial charge in [0.1, 0.15) is 5.58 Å². The van der Waals surface area contributed by atoms with Crippen molar-refractivity contribution >= 4 is 38.6 Å². The molecule has 9 nitrogen and oxygen atoms in total. The van der Waals surface area contributed by atoms with Crippen molar-refractivity contribution in [3.8, 4) is 17.2 Å². The van der Waals surface area contributed by atoms with E-state index < -0.39 is 23.5 Å². The van der Waals surface area contributed by atoms with Crippen LogP contribution in [-0.4, -0.2) is 62.3 Å². The van der Waals surface area contributed by atoms with Crippen LogP contribution in [0.5, 0.6) is 17.2 Å². The van der Waals surface area contributed by atoms with Crippen molar-refractivity contribution in [2.75, 3.05) is 34.5 Å². The Bertz CT molecular complexity index is 1370. The zero-order valence-corrected chi connectivity index (χ0v) is 23.5. The SMILES string of the molecule is COc1cc(C2C(C(=O)c3cc4cc(Br)ccc4o3)=C(O)C(=O)N2CCCOC(C)C)cc(OC)c1OC. The summed E-state index contributed by atoms with van der Waals surface area (Å²) in [6.45, 7) is 4.50. The Labute approximate surface area is 229 Å². The number of furan rings is 1. The first-order chi connectivity index (χ1) is 18.2. The van der Waals surface area contributed by atoms with Crippen molar-refractivity contribution < 1.29 is 38.1 Å². The van der Waals surface area contributed by atoms with Gasteiger partial charge in [-0.15, -0.1) is 0 Å². The number of aliphatic hydroxyl groups is 1. The summed E-state index contributed by atoms with van der Waals surface area (Å²) < 4.78 is 28.7. The van der Waals surface area contributed by atoms with E-state index in [0.717, 1.165) is 4.47 Å². The summed E-state index contributed by atoms with van der Waals surface area (Å²) in [5, 5.41) is 11.7. The molecule has 4 rings (SSSR count). The minimum atomic E-state index is -0.928. The van der Waals surface area contributed by atoms with Gasteiger partial charge in [-0.25, -0.2) is 0 Å². The van der Waals surface area contributed by atoms with Crippen LogP contribution < -0.4 is 14.2 Å². The molecule has 1 atom stereocenters. The van der Waals surface area contributed by atoms with Crippen LogP contribution in [0.1, 0.15) is 42.4 Å². The van der Waals surface area contributed by atoms with E-state index in [1.54, 1.807) is 30.3 Å². The van der Waals surface area contributed by atoms with Crippen molar-refractivity contribution in [3.05, 3.63) is 63.5 Å². The van der Waals surface area contributed by atoms with E-state index in [2.05, 4.69) is 15.9 Å². The number of hydrogen-bond acceptors (Lipinski definition) is 8. The number of Topliss-reactive ketones (excluding diaryl/α,β-unsaturated/α-hetero) is 1. The molecule has 3 aromatic rings. The highest BCUT2D eigenvalue weighted by atomic mass is 79.9. The fraction of sp³-hybridized carbons (Fsp3) is 0.357. The average Bonchev–Trinajstić information content (AvgIpc) is 3.43. The predicted molar refractivity (Wildman–Crippen MR) is 144 cm³/mol. The number of rotatable bonds is 11. The molecular weight excluding hydrogens is 558 g/mol. The number of amides is 1. The Kier molecular flexibility index (Phi) is 8.32. The fourth-order valence-electron chi connectivity index (χ4n) is 4.53. The number of nitrogens with zero attached hydrogens (tertiary/aromatic N) is 1. The Morgan fingerprint density at radius 3 is 2.37 bits per heavy atom. The first kappa shape index (κ1) is 27.5. The van der Waals surface area contributed by atoms with Crippen LogP contribution in [0.4, 0.5) is 0 Å². The third-order valence-corrected chi connectivity index (χ3v) is 6.74. The lowest BCUT2D eigenvalue weighted by Crippen LogP contribution is -2.32. The molecule has 1 aliphatic rings. The lowest BCUT2D eigenvalue weighted by molar-refractivity contribution is -0.129. The zero-order chi connectivity index (χ0) is 27.6. The Morgan fingerprint density at radius 1 is 1.08 bits per heavy atom. The molecule has 0 fully saturated rings. The molecule has 0 spiro atoms. The molecule has 2 heterocycles. The van der Waals surface area contributed by atoms with E-state index in [1.807, 2.05) is 19.9 Å². The highest BCUT2D eigenvalue weighted by Crippen LogP contribution is 2.45. The molecule has 1 aromatic heterocycles. The van der Waals surface area contributed by atoms with E-state index >= 15 is 0 Å². The predicted octanol–water partition coefficient (Wildman–Crippen LogP) is 5.61. The monoisotopic (exact) mass is 587 g/mol. The number of aliphatic hydroxyl groups excluding tert-OH is 1. The van der Waals surface area contributed by atoms with Crippen molar-refractivity contribution in [3.63, 3.8) is 0 Å². The summed E-state index contributed by atoms with van der Waals surface area (Å²) in [6, 6.07) is 9.36. The van der Waals surface area contributed by atoms with E-state index in [4.69, 9.17) is 23.4 Å². The molecule has 0 saturated heterocycles. The molecular formula is C28H30BrNO8. The van der Waals surface area contributed by atoms with E-state index in [1.165, 1.54) is 26.2 Å². The van der Waals surface area contributed by atoms with Gasteiger partial charge in [-0.1, -0.05) is 15.9 Å². The number of halogens is 1. The molecule has 1 amide bonds. The lowest BCUT2D eigenvalue weighted by Gasteiger charge is -2.28. The number of carbonyl (C=O) groups excluding carboxylic acids is 2. The molecule has 2 aromatic carbocycles. The number of ether oxygens (including phenoxy) is 4. The summed E-state index contributed by atoms with van der Waals surface area (Å²) >= 11 is 3.42. The molecule has 1 unspecified atom stereocenters. The highest BCUT2D eigenvalue weighted by Gasteiger charge is 2.45. The molecule has 1 aliphatic heterocycles. The average molecular weight is 588 g/mol. The number of ketones is 1. The summed E-state index contributed by atoms with van der Waals surface area (Å²) in [4.78, 5) is 28.6. The second-order valence-corrected chi connectivity index (χ2v) is 9.93. The van der Waals surface area contributed by atoms with Crippen LogP contribution in [0, 0.1) is 0 Å². The Balaban J connectivity index is 1.81. The minimum absolute atomic E-state index is 0.00915. The second-order valence-electron chi connectivity index (χ2n) is 9.02. The topological polar surface area (TPSA) is 108 Å². The number of methoxy groups -OCH3 is 3. The maximum absolute atomic E-state index is 13.8. The van der Waals surface area contributed by atoms with E-state index in [0.29, 0.717) is 46.8 Å². The van der Waals surface area contributed by atoms with Gasteiger partial charge < -0.3 is 33.4 Å². The molecule has 202 valence electrons. The van der Waals surface area contributed by atoms with Gasteiger partial charge in [-0.05, 0) is 62.2 Å². The first-order valence-corrected chi connectivity index (χ1v) is 12.9. The van der Waals surface area contributed by atoms with Gasteiger partial charge in [-0.3, -0.25) is 9.59 Å². The highest BCUT2D eigenvalue weighted by molar-refractivity contribution is 9.10. The van der Waals surface area contributed by atoms with Crippen molar-refractivity contribution in [1.82, 2.24) is 4.90 Å². The maximum atomic E-state index is 13.8. The molecule has 0 radical (unpaired) electrons. The maximum Gasteiger partial charge on any atom is 0.290 e. The smallest absolute Gasteiger partial charge is 0.290 e. The van der Waals surface area contributed by atoms with Crippen LogP contribution in [0.15, 0.2) is 56.6 Å². The van der Waals surface area contributed by atoms with Crippen molar-refractivity contribution in [1.29, 1.82) is 0 Å². The van der Waals surface area contributed by atoms with Gasteiger partial charge in [-0.2, -0.15) is 0 Å². The largest absolute Gasteiger partial charge is 0.503 e.